The summed E-state index contributed by atoms with van der Waals surface area (Å²) in [4.78, 5) is 8.11. The highest BCUT2D eigenvalue weighted by Gasteiger charge is 2.33. The van der Waals surface area contributed by atoms with E-state index in [0.717, 1.165) is 16.8 Å². The van der Waals surface area contributed by atoms with Crippen LogP contribution in [0.25, 0.3) is 28.7 Å². The molecule has 0 atom stereocenters. The fraction of sp³-hybridized carbons (Fsp3) is 0.0625. The summed E-state index contributed by atoms with van der Waals surface area (Å²) in [6.07, 6.45) is -1.42. The Kier molecular flexibility index (Phi) is 4.23. The number of hydrogen-bond acceptors (Lipinski definition) is 7. The lowest BCUT2D eigenvalue weighted by atomic mass is 10.2. The van der Waals surface area contributed by atoms with Gasteiger partial charge in [-0.05, 0) is 30.3 Å². The summed E-state index contributed by atoms with van der Waals surface area (Å²) in [5.41, 5.74) is 6.02. The summed E-state index contributed by atoms with van der Waals surface area (Å²) in [5, 5.41) is 11.1. The quantitative estimate of drug-likeness (QED) is 0.552. The van der Waals surface area contributed by atoms with Crippen molar-refractivity contribution in [1.29, 1.82) is 0 Å². The van der Waals surface area contributed by atoms with Gasteiger partial charge in [0.15, 0.2) is 11.5 Å². The smallest absolute Gasteiger partial charge is 0.382 e. The highest BCUT2D eigenvalue weighted by Crippen LogP contribution is 2.36. The Balaban J connectivity index is 1.69. The molecule has 0 spiro atoms. The zero-order valence-electron chi connectivity index (χ0n) is 13.7. The fourth-order valence-electron chi connectivity index (χ4n) is 2.44. The van der Waals surface area contributed by atoms with Crippen LogP contribution in [-0.2, 0) is 6.18 Å². The summed E-state index contributed by atoms with van der Waals surface area (Å²) in [6.45, 7) is 0. The number of nitrogens with zero attached hydrogens (tertiary/aromatic N) is 6. The zero-order chi connectivity index (χ0) is 19.9. The van der Waals surface area contributed by atoms with E-state index in [1.54, 1.807) is 24.5 Å². The molecular weight excluding hydrogens is 399 g/mol. The summed E-state index contributed by atoms with van der Waals surface area (Å²) in [6, 6.07) is 6.50. The molecule has 28 heavy (non-hydrogen) atoms. The lowest BCUT2D eigenvalue weighted by Gasteiger charge is -2.10. The van der Waals surface area contributed by atoms with Gasteiger partial charge in [0.05, 0.1) is 16.3 Å². The van der Waals surface area contributed by atoms with E-state index in [0.29, 0.717) is 11.4 Å². The molecule has 1 aromatic carbocycles. The van der Waals surface area contributed by atoms with Crippen LogP contribution in [0.5, 0.6) is 0 Å². The summed E-state index contributed by atoms with van der Waals surface area (Å²) in [5.74, 6) is 0.304. The maximum absolute atomic E-state index is 12.9. The third kappa shape index (κ3) is 3.16. The monoisotopic (exact) mass is 407 g/mol. The first kappa shape index (κ1) is 17.9. The van der Waals surface area contributed by atoms with Crippen LogP contribution in [0.4, 0.5) is 19.0 Å². The minimum absolute atomic E-state index is 0.000698. The van der Waals surface area contributed by atoms with Gasteiger partial charge in [0.1, 0.15) is 0 Å². The molecule has 0 bridgehead atoms. The molecule has 0 saturated carbocycles. The molecule has 142 valence electrons. The molecule has 12 heteroatoms. The van der Waals surface area contributed by atoms with E-state index >= 15 is 0 Å². The number of nitrogens with two attached hydrogens (primary N) is 1. The number of halogens is 4. The predicted molar refractivity (Wildman–Crippen MR) is 92.3 cm³/mol. The van der Waals surface area contributed by atoms with E-state index < -0.39 is 16.8 Å². The van der Waals surface area contributed by atoms with Gasteiger partial charge in [-0.1, -0.05) is 22.0 Å². The van der Waals surface area contributed by atoms with Crippen LogP contribution in [0.2, 0.25) is 5.02 Å². The van der Waals surface area contributed by atoms with E-state index in [1.165, 1.54) is 6.07 Å². The van der Waals surface area contributed by atoms with Crippen LogP contribution < -0.4 is 5.73 Å². The van der Waals surface area contributed by atoms with Gasteiger partial charge in [-0.15, -0.1) is 5.10 Å². The molecule has 0 amide bonds. The summed E-state index contributed by atoms with van der Waals surface area (Å²) < 4.78 is 44.9. The van der Waals surface area contributed by atoms with Crippen molar-refractivity contribution >= 4 is 17.4 Å². The second-order valence-electron chi connectivity index (χ2n) is 5.56. The van der Waals surface area contributed by atoms with Crippen molar-refractivity contribution in [2.75, 3.05) is 5.73 Å². The van der Waals surface area contributed by atoms with E-state index in [2.05, 4.69) is 25.4 Å². The molecular formula is C16H9ClF3N7O. The first-order chi connectivity index (χ1) is 13.3. The molecule has 3 aromatic heterocycles. The molecule has 0 aliphatic heterocycles. The number of nitrogen functional groups attached to an aromatic ring is 1. The molecule has 4 aromatic rings. The minimum atomic E-state index is -4.57. The Morgan fingerprint density at radius 3 is 2.54 bits per heavy atom. The van der Waals surface area contributed by atoms with E-state index in [1.807, 2.05) is 0 Å². The van der Waals surface area contributed by atoms with Gasteiger partial charge in [-0.2, -0.15) is 22.8 Å². The lowest BCUT2D eigenvalue weighted by molar-refractivity contribution is -0.137. The molecule has 0 unspecified atom stereocenters. The van der Waals surface area contributed by atoms with E-state index in [-0.39, 0.29) is 23.1 Å². The van der Waals surface area contributed by atoms with Gasteiger partial charge < -0.3 is 10.3 Å². The SMILES string of the molecule is Nc1c(-c2nc(-c3ccncc3)no2)nnn1-c1ccc(C(F)(F)F)c(Cl)c1. The fourth-order valence-corrected chi connectivity index (χ4v) is 2.72. The number of hydrogen-bond donors (Lipinski definition) is 1. The first-order valence-corrected chi connectivity index (χ1v) is 8.05. The van der Waals surface area contributed by atoms with Crippen molar-refractivity contribution in [2.45, 2.75) is 6.18 Å². The number of pyridine rings is 1. The van der Waals surface area contributed by atoms with E-state index in [9.17, 15) is 13.2 Å². The Morgan fingerprint density at radius 1 is 1.11 bits per heavy atom. The number of aromatic nitrogens is 6. The second kappa shape index (κ2) is 6.60. The van der Waals surface area contributed by atoms with Gasteiger partial charge in [0.25, 0.3) is 5.89 Å². The Labute approximate surface area is 159 Å². The highest BCUT2D eigenvalue weighted by atomic mass is 35.5. The largest absolute Gasteiger partial charge is 0.417 e. The van der Waals surface area contributed by atoms with Crippen molar-refractivity contribution in [2.24, 2.45) is 0 Å². The Bertz CT molecular complexity index is 1140. The van der Waals surface area contributed by atoms with Gasteiger partial charge in [-0.25, -0.2) is 0 Å². The molecule has 4 rings (SSSR count). The van der Waals surface area contributed by atoms with Crippen LogP contribution in [0.15, 0.2) is 47.2 Å². The van der Waals surface area contributed by atoms with Gasteiger partial charge in [0.2, 0.25) is 5.82 Å². The maximum Gasteiger partial charge on any atom is 0.417 e. The Hall–Kier alpha value is -3.47. The molecule has 3 heterocycles. The molecule has 2 N–H and O–H groups in total. The maximum atomic E-state index is 12.9. The molecule has 0 aliphatic carbocycles. The van der Waals surface area contributed by atoms with Crippen LogP contribution in [0.1, 0.15) is 5.56 Å². The van der Waals surface area contributed by atoms with Crippen molar-refractivity contribution in [3.05, 3.63) is 53.3 Å². The summed E-state index contributed by atoms with van der Waals surface area (Å²) in [7, 11) is 0. The molecule has 0 saturated heterocycles. The van der Waals surface area contributed by atoms with E-state index in [4.69, 9.17) is 21.9 Å². The highest BCUT2D eigenvalue weighted by molar-refractivity contribution is 6.31. The third-order valence-corrected chi connectivity index (χ3v) is 4.09. The van der Waals surface area contributed by atoms with Gasteiger partial charge in [0, 0.05) is 18.0 Å². The van der Waals surface area contributed by atoms with Crippen molar-refractivity contribution in [3.63, 3.8) is 0 Å². The van der Waals surface area contributed by atoms with Crippen LogP contribution in [-0.4, -0.2) is 30.1 Å². The number of rotatable bonds is 3. The average molecular weight is 408 g/mol. The number of alkyl halides is 3. The second-order valence-corrected chi connectivity index (χ2v) is 5.96. The van der Waals surface area contributed by atoms with Crippen molar-refractivity contribution < 1.29 is 17.7 Å². The van der Waals surface area contributed by atoms with Gasteiger partial charge in [-0.3, -0.25) is 4.98 Å². The third-order valence-electron chi connectivity index (χ3n) is 3.77. The molecule has 0 radical (unpaired) electrons. The molecule has 8 nitrogen and oxygen atoms in total. The normalized spacial score (nSPS) is 11.7. The van der Waals surface area contributed by atoms with Crippen LogP contribution in [0, 0.1) is 0 Å². The van der Waals surface area contributed by atoms with Gasteiger partial charge >= 0.3 is 6.18 Å². The molecule has 0 aliphatic rings. The Morgan fingerprint density at radius 2 is 1.86 bits per heavy atom. The van der Waals surface area contributed by atoms with Crippen LogP contribution >= 0.6 is 11.6 Å². The standard InChI is InChI=1S/C16H9ClF3N7O/c17-11-7-9(1-2-10(11)16(18,19)20)27-13(21)12(24-26-27)15-23-14(25-28-15)8-3-5-22-6-4-8/h1-7H,21H2. The number of benzene rings is 1. The van der Waals surface area contributed by atoms with Crippen LogP contribution in [0.3, 0.4) is 0 Å². The van der Waals surface area contributed by atoms with Crippen molar-refractivity contribution in [3.8, 4) is 28.7 Å². The first-order valence-electron chi connectivity index (χ1n) is 7.67. The molecule has 0 fully saturated rings. The number of anilines is 1. The topological polar surface area (TPSA) is 109 Å². The average Bonchev–Trinajstić information content (AvgIpc) is 3.28. The minimum Gasteiger partial charge on any atom is -0.382 e. The lowest BCUT2D eigenvalue weighted by Crippen LogP contribution is -2.08. The zero-order valence-corrected chi connectivity index (χ0v) is 14.5. The summed E-state index contributed by atoms with van der Waals surface area (Å²) >= 11 is 5.74. The predicted octanol–water partition coefficient (Wildman–Crippen LogP) is 3.63. The van der Waals surface area contributed by atoms with Crippen molar-refractivity contribution in [1.82, 2.24) is 30.1 Å².